The van der Waals surface area contributed by atoms with E-state index >= 15 is 0 Å². The molecule has 0 radical (unpaired) electrons. The van der Waals surface area contributed by atoms with Gasteiger partial charge >= 0.3 is 0 Å². The molecule has 2 aliphatic carbocycles. The molecule has 2 heterocycles. The summed E-state index contributed by atoms with van der Waals surface area (Å²) in [4.78, 5) is 17.4. The van der Waals surface area contributed by atoms with Crippen LogP contribution in [-0.4, -0.2) is 54.5 Å². The number of nitrogens with zero attached hydrogens (tertiary/aromatic N) is 2. The second-order valence-electron chi connectivity index (χ2n) is 7.31. The molecule has 2 saturated heterocycles. The van der Waals surface area contributed by atoms with Gasteiger partial charge in [0.15, 0.2) is 0 Å². The first kappa shape index (κ1) is 13.8. The van der Waals surface area contributed by atoms with Crippen molar-refractivity contribution in [2.75, 3.05) is 32.7 Å². The van der Waals surface area contributed by atoms with Crippen molar-refractivity contribution < 1.29 is 4.79 Å². The fourth-order valence-corrected chi connectivity index (χ4v) is 4.32. The second kappa shape index (κ2) is 5.73. The molecular formula is C17H27N3O. The lowest BCUT2D eigenvalue weighted by Crippen LogP contribution is -2.41. The molecule has 2 aliphatic heterocycles. The highest BCUT2D eigenvalue weighted by Gasteiger charge is 2.39. The standard InChI is InChI=1S/C17H27N3O/c21-17(12-19-10-13-8-18-9-14(13)11-19)20(16-6-7-16)15-4-2-1-3-5-15/h4,13-14,16,18H,1-3,5-12H2/t13-,14+. The summed E-state index contributed by atoms with van der Waals surface area (Å²) >= 11 is 0. The fourth-order valence-electron chi connectivity index (χ4n) is 4.32. The Hall–Kier alpha value is -0.870. The second-order valence-corrected chi connectivity index (χ2v) is 7.31. The lowest BCUT2D eigenvalue weighted by atomic mass is 10.0. The maximum Gasteiger partial charge on any atom is 0.241 e. The van der Waals surface area contributed by atoms with Crippen LogP contribution < -0.4 is 5.32 Å². The van der Waals surface area contributed by atoms with E-state index in [0.29, 0.717) is 18.5 Å². The fraction of sp³-hybridized carbons (Fsp3) is 0.824. The Kier molecular flexibility index (Phi) is 3.76. The molecule has 2 atom stereocenters. The van der Waals surface area contributed by atoms with Crippen LogP contribution in [0.15, 0.2) is 11.8 Å². The van der Waals surface area contributed by atoms with Crippen molar-refractivity contribution in [3.63, 3.8) is 0 Å². The average molecular weight is 289 g/mol. The number of likely N-dealkylation sites (tertiary alicyclic amines) is 1. The van der Waals surface area contributed by atoms with Gasteiger partial charge in [-0.05, 0) is 63.5 Å². The van der Waals surface area contributed by atoms with Crippen molar-refractivity contribution in [2.24, 2.45) is 11.8 Å². The Morgan fingerprint density at radius 1 is 1.24 bits per heavy atom. The van der Waals surface area contributed by atoms with E-state index in [0.717, 1.165) is 50.9 Å². The predicted molar refractivity (Wildman–Crippen MR) is 82.7 cm³/mol. The zero-order valence-electron chi connectivity index (χ0n) is 12.9. The van der Waals surface area contributed by atoms with E-state index in [9.17, 15) is 4.79 Å². The maximum atomic E-state index is 12.8. The van der Waals surface area contributed by atoms with Crippen LogP contribution in [0.25, 0.3) is 0 Å². The van der Waals surface area contributed by atoms with Crippen LogP contribution in [0.4, 0.5) is 0 Å². The summed E-state index contributed by atoms with van der Waals surface area (Å²) in [6.07, 6.45) is 9.54. The first-order chi connectivity index (χ1) is 10.3. The van der Waals surface area contributed by atoms with Gasteiger partial charge in [-0.1, -0.05) is 6.08 Å². The Balaban J connectivity index is 1.39. The van der Waals surface area contributed by atoms with Crippen LogP contribution in [0.2, 0.25) is 0 Å². The summed E-state index contributed by atoms with van der Waals surface area (Å²) in [6, 6.07) is 0.519. The van der Waals surface area contributed by atoms with Gasteiger partial charge in [0.05, 0.1) is 6.54 Å². The molecular weight excluding hydrogens is 262 g/mol. The third-order valence-electron chi connectivity index (χ3n) is 5.58. The summed E-state index contributed by atoms with van der Waals surface area (Å²) in [7, 11) is 0. The van der Waals surface area contributed by atoms with E-state index in [2.05, 4.69) is 21.2 Å². The monoisotopic (exact) mass is 289 g/mol. The minimum absolute atomic E-state index is 0.360. The molecule has 4 rings (SSSR count). The van der Waals surface area contributed by atoms with E-state index in [-0.39, 0.29) is 0 Å². The number of carbonyl (C=O) groups is 1. The van der Waals surface area contributed by atoms with Crippen molar-refractivity contribution >= 4 is 5.91 Å². The van der Waals surface area contributed by atoms with Gasteiger partial charge in [0.1, 0.15) is 0 Å². The number of carbonyl (C=O) groups excluding carboxylic acids is 1. The minimum atomic E-state index is 0.360. The van der Waals surface area contributed by atoms with E-state index in [1.54, 1.807) is 0 Å². The topological polar surface area (TPSA) is 35.6 Å². The number of rotatable bonds is 4. The van der Waals surface area contributed by atoms with Crippen LogP contribution in [0.5, 0.6) is 0 Å². The van der Waals surface area contributed by atoms with Crippen LogP contribution in [0, 0.1) is 11.8 Å². The van der Waals surface area contributed by atoms with Gasteiger partial charge in [-0.25, -0.2) is 0 Å². The van der Waals surface area contributed by atoms with E-state index in [1.807, 2.05) is 0 Å². The van der Waals surface area contributed by atoms with E-state index < -0.39 is 0 Å². The van der Waals surface area contributed by atoms with Crippen molar-refractivity contribution in [1.82, 2.24) is 15.1 Å². The molecule has 3 fully saturated rings. The number of amides is 1. The summed E-state index contributed by atoms with van der Waals surface area (Å²) in [5, 5.41) is 3.47. The molecule has 0 aromatic rings. The number of allylic oxidation sites excluding steroid dienone is 2. The van der Waals surface area contributed by atoms with E-state index in [4.69, 9.17) is 0 Å². The first-order valence-electron chi connectivity index (χ1n) is 8.75. The van der Waals surface area contributed by atoms with Crippen LogP contribution in [0.1, 0.15) is 38.5 Å². The highest BCUT2D eigenvalue weighted by Crippen LogP contribution is 2.34. The quantitative estimate of drug-likeness (QED) is 0.853. The lowest BCUT2D eigenvalue weighted by molar-refractivity contribution is -0.131. The maximum absolute atomic E-state index is 12.8. The molecule has 0 bridgehead atoms. The van der Waals surface area contributed by atoms with Crippen molar-refractivity contribution in [2.45, 2.75) is 44.6 Å². The van der Waals surface area contributed by atoms with Crippen LogP contribution in [-0.2, 0) is 4.79 Å². The lowest BCUT2D eigenvalue weighted by Gasteiger charge is -2.29. The average Bonchev–Trinajstić information content (AvgIpc) is 3.08. The zero-order valence-corrected chi connectivity index (χ0v) is 12.9. The molecule has 4 heteroatoms. The molecule has 1 saturated carbocycles. The molecule has 1 N–H and O–H groups in total. The Labute approximate surface area is 127 Å². The van der Waals surface area contributed by atoms with Crippen molar-refractivity contribution in [1.29, 1.82) is 0 Å². The van der Waals surface area contributed by atoms with Gasteiger partial charge in [0.25, 0.3) is 0 Å². The van der Waals surface area contributed by atoms with E-state index in [1.165, 1.54) is 31.4 Å². The van der Waals surface area contributed by atoms with Gasteiger partial charge in [0, 0.05) is 24.8 Å². The summed E-state index contributed by atoms with van der Waals surface area (Å²) < 4.78 is 0. The predicted octanol–water partition coefficient (Wildman–Crippen LogP) is 1.59. The number of hydrogen-bond acceptors (Lipinski definition) is 3. The highest BCUT2D eigenvalue weighted by atomic mass is 16.2. The highest BCUT2D eigenvalue weighted by molar-refractivity contribution is 5.81. The van der Waals surface area contributed by atoms with Gasteiger partial charge in [-0.15, -0.1) is 0 Å². The molecule has 4 nitrogen and oxygen atoms in total. The normalized spacial score (nSPS) is 32.9. The third-order valence-corrected chi connectivity index (χ3v) is 5.58. The molecule has 0 aromatic heterocycles. The molecule has 0 spiro atoms. The minimum Gasteiger partial charge on any atom is -0.316 e. The number of nitrogens with one attached hydrogen (secondary N) is 1. The molecule has 0 aromatic carbocycles. The molecule has 21 heavy (non-hydrogen) atoms. The molecule has 4 aliphatic rings. The smallest absolute Gasteiger partial charge is 0.241 e. The molecule has 0 unspecified atom stereocenters. The number of hydrogen-bond donors (Lipinski definition) is 1. The summed E-state index contributed by atoms with van der Waals surface area (Å²) in [6.45, 7) is 5.16. The molecule has 1 amide bonds. The van der Waals surface area contributed by atoms with Gasteiger partial charge in [-0.2, -0.15) is 0 Å². The van der Waals surface area contributed by atoms with Gasteiger partial charge < -0.3 is 10.2 Å². The Bertz CT molecular complexity index is 431. The van der Waals surface area contributed by atoms with Crippen LogP contribution >= 0.6 is 0 Å². The van der Waals surface area contributed by atoms with Crippen LogP contribution in [0.3, 0.4) is 0 Å². The van der Waals surface area contributed by atoms with Gasteiger partial charge in [0.2, 0.25) is 5.91 Å². The first-order valence-corrected chi connectivity index (χ1v) is 8.75. The summed E-state index contributed by atoms with van der Waals surface area (Å²) in [5.41, 5.74) is 1.33. The third kappa shape index (κ3) is 2.88. The number of fused-ring (bicyclic) bond motifs is 1. The van der Waals surface area contributed by atoms with Crippen molar-refractivity contribution in [3.05, 3.63) is 11.8 Å². The molecule has 116 valence electrons. The van der Waals surface area contributed by atoms with Gasteiger partial charge in [-0.3, -0.25) is 9.69 Å². The Morgan fingerprint density at radius 2 is 2.00 bits per heavy atom. The SMILES string of the molecule is O=C(CN1C[C@H]2CNC[C@H]2C1)N(C1=CCCCC1)C1CC1. The Morgan fingerprint density at radius 3 is 2.62 bits per heavy atom. The largest absolute Gasteiger partial charge is 0.316 e. The zero-order chi connectivity index (χ0) is 14.2. The van der Waals surface area contributed by atoms with Crippen molar-refractivity contribution in [3.8, 4) is 0 Å². The summed E-state index contributed by atoms with van der Waals surface area (Å²) in [5.74, 6) is 1.92.